The van der Waals surface area contributed by atoms with Gasteiger partial charge >= 0.3 is 6.18 Å². The Labute approximate surface area is 161 Å². The first-order chi connectivity index (χ1) is 13.3. The maximum absolute atomic E-state index is 12.8. The quantitative estimate of drug-likeness (QED) is 0.484. The molecule has 0 spiro atoms. The summed E-state index contributed by atoms with van der Waals surface area (Å²) in [4.78, 5) is 7.62. The summed E-state index contributed by atoms with van der Waals surface area (Å²) in [6.45, 7) is 1.89. The molecule has 0 saturated carbocycles. The van der Waals surface area contributed by atoms with E-state index in [4.69, 9.17) is 16.0 Å². The third kappa shape index (κ3) is 3.63. The van der Waals surface area contributed by atoms with Crippen LogP contribution in [0.1, 0.15) is 11.4 Å². The van der Waals surface area contributed by atoms with Gasteiger partial charge in [-0.05, 0) is 43.3 Å². The molecule has 0 atom stereocenters. The Morgan fingerprint density at radius 3 is 2.50 bits per heavy atom. The fourth-order valence-electron chi connectivity index (χ4n) is 2.67. The molecule has 1 N–H and O–H groups in total. The molecule has 9 heteroatoms. The third-order valence-corrected chi connectivity index (χ3v) is 4.24. The number of benzene rings is 2. The highest BCUT2D eigenvalue weighted by atomic mass is 35.5. The summed E-state index contributed by atoms with van der Waals surface area (Å²) in [5, 5.41) is 7.01. The van der Waals surface area contributed by atoms with Crippen molar-refractivity contribution >= 4 is 28.5 Å². The zero-order chi connectivity index (χ0) is 19.9. The number of aryl methyl sites for hydroxylation is 1. The van der Waals surface area contributed by atoms with E-state index >= 15 is 0 Å². The number of nitrogens with zero attached hydrogens (tertiary/aromatic N) is 3. The zero-order valence-corrected chi connectivity index (χ0v) is 15.1. The van der Waals surface area contributed by atoms with Crippen molar-refractivity contribution in [2.75, 3.05) is 0 Å². The van der Waals surface area contributed by atoms with Gasteiger partial charge in [0.05, 0.1) is 5.36 Å². The number of hydrogen-bond acceptors (Lipinski definition) is 4. The van der Waals surface area contributed by atoms with Crippen molar-refractivity contribution in [2.24, 2.45) is 4.99 Å². The van der Waals surface area contributed by atoms with Gasteiger partial charge in [0.2, 0.25) is 5.82 Å². The number of hydrogen-bond donors (Lipinski definition) is 1. The standard InChI is InChI=1S/C19H12ClF3N4O/c1-10-2-7-15-13(8-10)14(24-18-25-17(26-27-18)19(21,22)23)9-16(28-15)11-3-5-12(20)6-4-11/h2-9H,1H3,(H,25,26,27). The molecular weight excluding hydrogens is 393 g/mol. The van der Waals surface area contributed by atoms with Gasteiger partial charge in [-0.15, -0.1) is 5.10 Å². The Kier molecular flexibility index (Phi) is 4.43. The molecule has 0 aliphatic rings. The predicted octanol–water partition coefficient (Wildman–Crippen LogP) is 5.43. The zero-order valence-electron chi connectivity index (χ0n) is 14.4. The van der Waals surface area contributed by atoms with Crippen LogP contribution in [0, 0.1) is 6.92 Å². The van der Waals surface area contributed by atoms with Gasteiger partial charge in [0, 0.05) is 22.0 Å². The highest BCUT2D eigenvalue weighted by Crippen LogP contribution is 2.27. The smallest absolute Gasteiger partial charge is 0.451 e. The van der Waals surface area contributed by atoms with Crippen LogP contribution in [0.2, 0.25) is 5.02 Å². The molecule has 0 unspecified atom stereocenters. The van der Waals surface area contributed by atoms with Gasteiger partial charge in [0.1, 0.15) is 11.3 Å². The average molecular weight is 405 g/mol. The molecule has 2 aromatic heterocycles. The molecule has 0 fully saturated rings. The Bertz CT molecular complexity index is 1230. The van der Waals surface area contributed by atoms with Gasteiger partial charge in [-0.25, -0.2) is 4.99 Å². The minimum atomic E-state index is -4.63. The van der Waals surface area contributed by atoms with Crippen LogP contribution in [0.15, 0.2) is 57.9 Å². The highest BCUT2D eigenvalue weighted by molar-refractivity contribution is 6.30. The van der Waals surface area contributed by atoms with Crippen molar-refractivity contribution in [1.82, 2.24) is 15.2 Å². The van der Waals surface area contributed by atoms with Crippen LogP contribution in [-0.4, -0.2) is 15.2 Å². The van der Waals surface area contributed by atoms with Gasteiger partial charge in [0.15, 0.2) is 0 Å². The van der Waals surface area contributed by atoms with Gasteiger partial charge in [0.25, 0.3) is 5.95 Å². The second-order valence-corrected chi connectivity index (χ2v) is 6.53. The van der Waals surface area contributed by atoms with E-state index < -0.39 is 12.0 Å². The van der Waals surface area contributed by atoms with Crippen LogP contribution >= 0.6 is 11.6 Å². The van der Waals surface area contributed by atoms with Crippen LogP contribution in [0.4, 0.5) is 19.1 Å². The molecule has 4 aromatic rings. The van der Waals surface area contributed by atoms with Gasteiger partial charge in [-0.2, -0.15) is 18.2 Å². The van der Waals surface area contributed by atoms with Gasteiger partial charge in [-0.1, -0.05) is 23.2 Å². The van der Waals surface area contributed by atoms with Crippen molar-refractivity contribution < 1.29 is 17.6 Å². The maximum Gasteiger partial charge on any atom is 0.451 e. The molecule has 2 heterocycles. The van der Waals surface area contributed by atoms with E-state index in [1.54, 1.807) is 36.4 Å². The largest absolute Gasteiger partial charge is 0.456 e. The molecule has 0 amide bonds. The molecule has 142 valence electrons. The van der Waals surface area contributed by atoms with E-state index in [1.165, 1.54) is 0 Å². The number of H-pyrrole nitrogens is 1. The monoisotopic (exact) mass is 404 g/mol. The van der Waals surface area contributed by atoms with E-state index in [9.17, 15) is 13.2 Å². The summed E-state index contributed by atoms with van der Waals surface area (Å²) < 4.78 is 44.2. The molecule has 2 aromatic carbocycles. The number of aromatic amines is 1. The lowest BCUT2D eigenvalue weighted by atomic mass is 10.1. The lowest BCUT2D eigenvalue weighted by molar-refractivity contribution is -0.144. The van der Waals surface area contributed by atoms with Gasteiger partial charge in [-0.3, -0.25) is 5.10 Å². The minimum absolute atomic E-state index is 0.316. The summed E-state index contributed by atoms with van der Waals surface area (Å²) in [5.74, 6) is -1.04. The van der Waals surface area contributed by atoms with E-state index in [2.05, 4.69) is 15.1 Å². The molecule has 0 saturated heterocycles. The normalized spacial score (nSPS) is 12.7. The summed E-state index contributed by atoms with van der Waals surface area (Å²) >= 11 is 5.93. The van der Waals surface area contributed by atoms with E-state index in [0.717, 1.165) is 11.1 Å². The van der Waals surface area contributed by atoms with Crippen LogP contribution in [0.25, 0.3) is 22.3 Å². The molecule has 0 aliphatic carbocycles. The topological polar surface area (TPSA) is 67.1 Å². The molecule has 28 heavy (non-hydrogen) atoms. The molecule has 0 radical (unpaired) electrons. The molecule has 0 bridgehead atoms. The number of rotatable bonds is 2. The number of fused-ring (bicyclic) bond motifs is 1. The predicted molar refractivity (Wildman–Crippen MR) is 98.0 cm³/mol. The summed E-state index contributed by atoms with van der Waals surface area (Å²) in [5.41, 5.74) is 2.22. The summed E-state index contributed by atoms with van der Waals surface area (Å²) in [7, 11) is 0. The van der Waals surface area contributed by atoms with E-state index in [1.807, 2.05) is 24.2 Å². The van der Waals surface area contributed by atoms with Crippen LogP contribution in [0.5, 0.6) is 0 Å². The minimum Gasteiger partial charge on any atom is -0.456 e. The van der Waals surface area contributed by atoms with Gasteiger partial charge < -0.3 is 4.42 Å². The Morgan fingerprint density at radius 1 is 1.07 bits per heavy atom. The lowest BCUT2D eigenvalue weighted by Crippen LogP contribution is -2.07. The van der Waals surface area contributed by atoms with Crippen LogP contribution in [0.3, 0.4) is 0 Å². The third-order valence-electron chi connectivity index (χ3n) is 3.99. The SMILES string of the molecule is Cc1ccc2oc(-c3ccc(Cl)cc3)cc(=Nc3n[nH]c(C(F)(F)F)n3)c2c1. The fraction of sp³-hybridized carbons (Fsp3) is 0.105. The van der Waals surface area contributed by atoms with Crippen molar-refractivity contribution in [2.45, 2.75) is 13.1 Å². The van der Waals surface area contributed by atoms with Crippen molar-refractivity contribution in [3.05, 3.63) is 70.3 Å². The molecule has 0 aliphatic heterocycles. The van der Waals surface area contributed by atoms with Crippen LogP contribution in [-0.2, 0) is 6.18 Å². The molecule has 4 rings (SSSR count). The summed E-state index contributed by atoms with van der Waals surface area (Å²) in [6, 6.07) is 14.1. The number of nitrogens with one attached hydrogen (secondary N) is 1. The van der Waals surface area contributed by atoms with E-state index in [-0.39, 0.29) is 5.95 Å². The number of alkyl halides is 3. The first kappa shape index (κ1) is 18.2. The van der Waals surface area contributed by atoms with Crippen molar-refractivity contribution in [3.63, 3.8) is 0 Å². The van der Waals surface area contributed by atoms with Crippen molar-refractivity contribution in [3.8, 4) is 11.3 Å². The van der Waals surface area contributed by atoms with Crippen molar-refractivity contribution in [1.29, 1.82) is 0 Å². The first-order valence-electron chi connectivity index (χ1n) is 8.14. The number of halogens is 4. The molecule has 5 nitrogen and oxygen atoms in total. The second kappa shape index (κ2) is 6.79. The van der Waals surface area contributed by atoms with Crippen LogP contribution < -0.4 is 5.36 Å². The second-order valence-electron chi connectivity index (χ2n) is 6.10. The highest BCUT2D eigenvalue weighted by Gasteiger charge is 2.35. The number of aromatic nitrogens is 3. The first-order valence-corrected chi connectivity index (χ1v) is 8.52. The molecular formula is C19H12ClF3N4O. The fourth-order valence-corrected chi connectivity index (χ4v) is 2.80. The summed E-state index contributed by atoms with van der Waals surface area (Å²) in [6.07, 6.45) is -4.63. The average Bonchev–Trinajstić information content (AvgIpc) is 3.11. The Morgan fingerprint density at radius 2 is 1.82 bits per heavy atom. The van der Waals surface area contributed by atoms with E-state index in [0.29, 0.717) is 27.1 Å². The Balaban J connectivity index is 1.93. The lowest BCUT2D eigenvalue weighted by Gasteiger charge is -2.05. The maximum atomic E-state index is 12.8. The Hall–Kier alpha value is -3.13.